The predicted molar refractivity (Wildman–Crippen MR) is 96.5 cm³/mol. The Kier molecular flexibility index (Phi) is 7.00. The second kappa shape index (κ2) is 8.99. The number of hydrogen-bond acceptors (Lipinski definition) is 3. The smallest absolute Gasteiger partial charge is 0.315 e. The normalized spacial score (nSPS) is 19.0. The fourth-order valence-corrected chi connectivity index (χ4v) is 3.26. The van der Waals surface area contributed by atoms with Gasteiger partial charge in [-0.05, 0) is 31.7 Å². The molecule has 1 amide bonds. The van der Waals surface area contributed by atoms with Gasteiger partial charge in [-0.2, -0.15) is 0 Å². The van der Waals surface area contributed by atoms with Crippen molar-refractivity contribution in [1.82, 2.24) is 5.32 Å². The molecule has 1 aromatic carbocycles. The van der Waals surface area contributed by atoms with E-state index < -0.39 is 17.5 Å². The first-order valence-electron chi connectivity index (χ1n) is 9.19. The summed E-state index contributed by atoms with van der Waals surface area (Å²) in [5.74, 6) is -1.18. The third kappa shape index (κ3) is 5.05. The predicted octanol–water partition coefficient (Wildman–Crippen LogP) is 3.27. The van der Waals surface area contributed by atoms with Gasteiger partial charge in [0.2, 0.25) is 5.91 Å². The number of carbonyl (C=O) groups excluding carboxylic acids is 1. The van der Waals surface area contributed by atoms with Crippen molar-refractivity contribution in [2.75, 3.05) is 6.54 Å². The largest absolute Gasteiger partial charge is 0.481 e. The van der Waals surface area contributed by atoms with Gasteiger partial charge in [-0.1, -0.05) is 56.5 Å². The van der Waals surface area contributed by atoms with Gasteiger partial charge >= 0.3 is 5.97 Å². The van der Waals surface area contributed by atoms with Crippen molar-refractivity contribution in [1.29, 1.82) is 0 Å². The summed E-state index contributed by atoms with van der Waals surface area (Å²) >= 11 is 0. The summed E-state index contributed by atoms with van der Waals surface area (Å²) in [7, 11) is 0. The van der Waals surface area contributed by atoms with E-state index in [2.05, 4.69) is 5.32 Å². The minimum absolute atomic E-state index is 0.0374. The molecule has 1 aromatic rings. The molecule has 2 unspecified atom stereocenters. The molecular weight excluding hydrogens is 318 g/mol. The molecule has 25 heavy (non-hydrogen) atoms. The molecule has 0 heterocycles. The Morgan fingerprint density at radius 1 is 1.24 bits per heavy atom. The maximum absolute atomic E-state index is 12.5. The fraction of sp³-hybridized carbons (Fsp3) is 0.600. The Morgan fingerprint density at radius 2 is 1.88 bits per heavy atom. The third-order valence-electron chi connectivity index (χ3n) is 5.07. The molecule has 1 aliphatic rings. The minimum Gasteiger partial charge on any atom is -0.481 e. The molecule has 0 aromatic heterocycles. The van der Waals surface area contributed by atoms with E-state index in [0.29, 0.717) is 12.0 Å². The van der Waals surface area contributed by atoms with Gasteiger partial charge in [-0.25, -0.2) is 0 Å². The monoisotopic (exact) mass is 347 g/mol. The summed E-state index contributed by atoms with van der Waals surface area (Å²) in [4.78, 5) is 24.3. The van der Waals surface area contributed by atoms with Gasteiger partial charge in [-0.3, -0.25) is 9.59 Å². The highest BCUT2D eigenvalue weighted by Crippen LogP contribution is 2.24. The number of nitrogens with one attached hydrogen (secondary N) is 1. The van der Waals surface area contributed by atoms with Crippen LogP contribution in [-0.2, 0) is 19.7 Å². The molecule has 2 N–H and O–H groups in total. The van der Waals surface area contributed by atoms with Gasteiger partial charge in [0.15, 0.2) is 0 Å². The van der Waals surface area contributed by atoms with Crippen LogP contribution in [0.25, 0.3) is 0 Å². The molecule has 2 atom stereocenters. The van der Waals surface area contributed by atoms with Crippen molar-refractivity contribution >= 4 is 11.9 Å². The number of amides is 1. The number of carboxylic acid groups (broad SMARTS) is 1. The Morgan fingerprint density at radius 3 is 2.44 bits per heavy atom. The van der Waals surface area contributed by atoms with Crippen LogP contribution in [0.5, 0.6) is 0 Å². The van der Waals surface area contributed by atoms with Crippen LogP contribution in [-0.4, -0.2) is 35.7 Å². The lowest BCUT2D eigenvalue weighted by Crippen LogP contribution is -2.48. The molecule has 1 saturated carbocycles. The Hall–Kier alpha value is -1.88. The summed E-state index contributed by atoms with van der Waals surface area (Å²) in [6.45, 7) is 3.59. The van der Waals surface area contributed by atoms with Gasteiger partial charge in [0.05, 0.1) is 6.10 Å². The first-order valence-corrected chi connectivity index (χ1v) is 9.19. The third-order valence-corrected chi connectivity index (χ3v) is 5.07. The van der Waals surface area contributed by atoms with Crippen LogP contribution in [0.15, 0.2) is 30.3 Å². The Labute approximate surface area is 149 Å². The summed E-state index contributed by atoms with van der Waals surface area (Å²) in [5.41, 5.74) is -0.496. The zero-order chi connectivity index (χ0) is 18.3. The van der Waals surface area contributed by atoms with E-state index in [1.165, 1.54) is 6.42 Å². The molecule has 5 heteroatoms. The van der Waals surface area contributed by atoms with Crippen LogP contribution in [0.2, 0.25) is 0 Å². The van der Waals surface area contributed by atoms with Crippen LogP contribution >= 0.6 is 0 Å². The second-order valence-electron chi connectivity index (χ2n) is 7.01. The number of carboxylic acids is 1. The van der Waals surface area contributed by atoms with Crippen molar-refractivity contribution in [3.63, 3.8) is 0 Å². The lowest BCUT2D eigenvalue weighted by molar-refractivity contribution is -0.144. The summed E-state index contributed by atoms with van der Waals surface area (Å²) < 4.78 is 5.97. The van der Waals surface area contributed by atoms with Crippen molar-refractivity contribution in [3.05, 3.63) is 35.9 Å². The molecule has 0 bridgehead atoms. The van der Waals surface area contributed by atoms with Crippen molar-refractivity contribution in [3.8, 4) is 0 Å². The molecule has 0 aliphatic heterocycles. The molecule has 1 fully saturated rings. The van der Waals surface area contributed by atoms with E-state index in [1.807, 2.05) is 13.0 Å². The molecular formula is C20H29NO4. The Balaban J connectivity index is 1.98. The standard InChI is InChI=1S/C20H29NO4/c1-3-17(25-16-12-8-5-9-13-16)18(22)21-14-20(2,19(23)24)15-10-6-4-7-11-15/h4,6-7,10-11,16-17H,3,5,8-9,12-14H2,1-2H3,(H,21,22)(H,23,24). The van der Waals surface area contributed by atoms with Crippen LogP contribution in [0.3, 0.4) is 0 Å². The van der Waals surface area contributed by atoms with E-state index >= 15 is 0 Å². The minimum atomic E-state index is -1.17. The lowest BCUT2D eigenvalue weighted by atomic mass is 9.82. The van der Waals surface area contributed by atoms with Crippen molar-refractivity contribution in [2.24, 2.45) is 0 Å². The fourth-order valence-electron chi connectivity index (χ4n) is 3.26. The molecule has 138 valence electrons. The van der Waals surface area contributed by atoms with Crippen molar-refractivity contribution in [2.45, 2.75) is 70.0 Å². The van der Waals surface area contributed by atoms with Gasteiger partial charge in [0.25, 0.3) is 0 Å². The molecule has 0 spiro atoms. The van der Waals surface area contributed by atoms with E-state index in [4.69, 9.17) is 4.74 Å². The van der Waals surface area contributed by atoms with Gasteiger partial charge in [0.1, 0.15) is 11.5 Å². The Bertz CT molecular complexity index is 568. The first kappa shape index (κ1) is 19.4. The van der Waals surface area contributed by atoms with Gasteiger partial charge in [0, 0.05) is 6.54 Å². The molecule has 1 aliphatic carbocycles. The van der Waals surface area contributed by atoms with Crippen LogP contribution in [0.4, 0.5) is 0 Å². The molecule has 0 radical (unpaired) electrons. The number of ether oxygens (including phenoxy) is 1. The molecule has 2 rings (SSSR count). The summed E-state index contributed by atoms with van der Waals surface area (Å²) in [5, 5.41) is 12.5. The maximum Gasteiger partial charge on any atom is 0.315 e. The lowest BCUT2D eigenvalue weighted by Gasteiger charge is -2.29. The average molecular weight is 347 g/mol. The zero-order valence-corrected chi connectivity index (χ0v) is 15.2. The number of aliphatic carboxylic acids is 1. The second-order valence-corrected chi connectivity index (χ2v) is 7.01. The highest BCUT2D eigenvalue weighted by Gasteiger charge is 2.36. The zero-order valence-electron chi connectivity index (χ0n) is 15.2. The number of rotatable bonds is 8. The SMILES string of the molecule is CCC(OC1CCCCC1)C(=O)NCC(C)(C(=O)O)c1ccccc1. The van der Waals surface area contributed by atoms with Crippen LogP contribution in [0.1, 0.15) is 57.9 Å². The topological polar surface area (TPSA) is 75.6 Å². The van der Waals surface area contributed by atoms with E-state index in [1.54, 1.807) is 31.2 Å². The van der Waals surface area contributed by atoms with Crippen LogP contribution in [0, 0.1) is 0 Å². The highest BCUT2D eigenvalue weighted by molar-refractivity contribution is 5.84. The molecule has 5 nitrogen and oxygen atoms in total. The van der Waals surface area contributed by atoms with E-state index in [-0.39, 0.29) is 18.6 Å². The number of carbonyl (C=O) groups is 2. The van der Waals surface area contributed by atoms with E-state index in [9.17, 15) is 14.7 Å². The van der Waals surface area contributed by atoms with Crippen molar-refractivity contribution < 1.29 is 19.4 Å². The average Bonchev–Trinajstić information content (AvgIpc) is 2.65. The van der Waals surface area contributed by atoms with Gasteiger partial charge < -0.3 is 15.2 Å². The quantitative estimate of drug-likeness (QED) is 0.757. The van der Waals surface area contributed by atoms with Gasteiger partial charge in [-0.15, -0.1) is 0 Å². The summed E-state index contributed by atoms with van der Waals surface area (Å²) in [6, 6.07) is 9.00. The molecule has 0 saturated heterocycles. The van der Waals surface area contributed by atoms with Crippen LogP contribution < -0.4 is 5.32 Å². The first-order chi connectivity index (χ1) is 12.0. The highest BCUT2D eigenvalue weighted by atomic mass is 16.5. The summed E-state index contributed by atoms with van der Waals surface area (Å²) in [6.07, 6.45) is 5.73. The maximum atomic E-state index is 12.5. The number of benzene rings is 1. The number of hydrogen-bond donors (Lipinski definition) is 2. The van der Waals surface area contributed by atoms with E-state index in [0.717, 1.165) is 25.7 Å².